The molecule has 4 rings (SSSR count). The van der Waals surface area contributed by atoms with Crippen molar-refractivity contribution in [2.24, 2.45) is 0 Å². The first-order valence-corrected chi connectivity index (χ1v) is 8.13. The van der Waals surface area contributed by atoms with Crippen molar-refractivity contribution in [2.45, 2.75) is 18.4 Å². The van der Waals surface area contributed by atoms with Gasteiger partial charge in [-0.3, -0.25) is 4.90 Å². The van der Waals surface area contributed by atoms with Gasteiger partial charge in [-0.05, 0) is 23.6 Å². The van der Waals surface area contributed by atoms with E-state index in [1.54, 1.807) is 0 Å². The molecule has 2 aromatic carbocycles. The van der Waals surface area contributed by atoms with Crippen LogP contribution in [0.3, 0.4) is 0 Å². The van der Waals surface area contributed by atoms with Gasteiger partial charge in [-0.2, -0.15) is 0 Å². The number of hydrogen-bond acceptors (Lipinski definition) is 2. The maximum atomic E-state index is 3.55. The molecule has 2 heterocycles. The van der Waals surface area contributed by atoms with E-state index in [-0.39, 0.29) is 5.41 Å². The van der Waals surface area contributed by atoms with Crippen LogP contribution in [0.25, 0.3) is 0 Å². The number of nitrogens with zero attached hydrogens (tertiary/aromatic N) is 1. The number of hydrogen-bond donors (Lipinski definition) is 1. The Morgan fingerprint density at radius 1 is 1.00 bits per heavy atom. The van der Waals surface area contributed by atoms with Crippen molar-refractivity contribution in [1.82, 2.24) is 4.90 Å². The second-order valence-corrected chi connectivity index (χ2v) is 6.44. The highest BCUT2D eigenvalue weighted by atomic mass is 15.1. The molecule has 1 unspecified atom stereocenters. The lowest BCUT2D eigenvalue weighted by Crippen LogP contribution is -2.45. The van der Waals surface area contributed by atoms with Crippen molar-refractivity contribution < 1.29 is 0 Å². The summed E-state index contributed by atoms with van der Waals surface area (Å²) in [7, 11) is 0. The second kappa shape index (κ2) is 5.62. The Morgan fingerprint density at radius 3 is 2.73 bits per heavy atom. The molecule has 2 aliphatic rings. The molecule has 2 nitrogen and oxygen atoms in total. The lowest BCUT2D eigenvalue weighted by atomic mass is 9.72. The molecule has 22 heavy (non-hydrogen) atoms. The van der Waals surface area contributed by atoms with E-state index in [0.717, 1.165) is 26.2 Å². The summed E-state index contributed by atoms with van der Waals surface area (Å²) >= 11 is 0. The molecule has 0 amide bonds. The van der Waals surface area contributed by atoms with Gasteiger partial charge in [0, 0.05) is 37.3 Å². The summed E-state index contributed by atoms with van der Waals surface area (Å²) < 4.78 is 0. The van der Waals surface area contributed by atoms with Crippen LogP contribution >= 0.6 is 0 Å². The van der Waals surface area contributed by atoms with Gasteiger partial charge in [-0.25, -0.2) is 0 Å². The average Bonchev–Trinajstić information content (AvgIpc) is 2.57. The number of anilines is 1. The summed E-state index contributed by atoms with van der Waals surface area (Å²) in [5.41, 5.74) is 4.33. The SMILES string of the molecule is C1=CC2(CCNc3ccccc32)CN(Cc2ccccc2)C1. The molecule has 0 aliphatic carbocycles. The van der Waals surface area contributed by atoms with Gasteiger partial charge in [0.05, 0.1) is 0 Å². The topological polar surface area (TPSA) is 15.3 Å². The van der Waals surface area contributed by atoms with Crippen molar-refractivity contribution in [1.29, 1.82) is 0 Å². The maximum absolute atomic E-state index is 3.55. The molecule has 1 atom stereocenters. The minimum atomic E-state index is 0.175. The molecule has 1 spiro atoms. The van der Waals surface area contributed by atoms with Crippen LogP contribution < -0.4 is 5.32 Å². The number of rotatable bonds is 2. The predicted molar refractivity (Wildman–Crippen MR) is 92.1 cm³/mol. The summed E-state index contributed by atoms with van der Waals surface area (Å²) in [5.74, 6) is 0. The molecule has 0 saturated carbocycles. The van der Waals surface area contributed by atoms with E-state index in [9.17, 15) is 0 Å². The molecule has 0 aromatic heterocycles. The lowest BCUT2D eigenvalue weighted by Gasteiger charge is -2.43. The van der Waals surface area contributed by atoms with Crippen LogP contribution in [0.4, 0.5) is 5.69 Å². The molecule has 2 heteroatoms. The Bertz CT molecular complexity index is 677. The van der Waals surface area contributed by atoms with Crippen molar-refractivity contribution in [3.8, 4) is 0 Å². The third kappa shape index (κ3) is 2.44. The van der Waals surface area contributed by atoms with Gasteiger partial charge in [0.25, 0.3) is 0 Å². The van der Waals surface area contributed by atoms with E-state index >= 15 is 0 Å². The number of nitrogens with one attached hydrogen (secondary N) is 1. The van der Waals surface area contributed by atoms with Gasteiger partial charge >= 0.3 is 0 Å². The Morgan fingerprint density at radius 2 is 1.82 bits per heavy atom. The van der Waals surface area contributed by atoms with Crippen LogP contribution in [0.5, 0.6) is 0 Å². The number of benzene rings is 2. The number of fused-ring (bicyclic) bond motifs is 2. The zero-order valence-electron chi connectivity index (χ0n) is 12.8. The van der Waals surface area contributed by atoms with Gasteiger partial charge in [0.1, 0.15) is 0 Å². The zero-order chi connectivity index (χ0) is 14.8. The standard InChI is InChI=1S/C20H22N2/c1-2-7-17(8-3-1)15-22-14-6-11-20(16-22)12-13-21-19-10-5-4-9-18(19)20/h1-11,21H,12-16H2. The first kappa shape index (κ1) is 13.6. The van der Waals surface area contributed by atoms with Gasteiger partial charge in [-0.1, -0.05) is 60.7 Å². The summed E-state index contributed by atoms with van der Waals surface area (Å²) in [4.78, 5) is 2.57. The van der Waals surface area contributed by atoms with Crippen molar-refractivity contribution in [2.75, 3.05) is 25.0 Å². The Hall–Kier alpha value is -2.06. The fraction of sp³-hybridized carbons (Fsp3) is 0.300. The highest BCUT2D eigenvalue weighted by Crippen LogP contribution is 2.40. The predicted octanol–water partition coefficient (Wildman–Crippen LogP) is 3.81. The van der Waals surface area contributed by atoms with Crippen LogP contribution in [0.1, 0.15) is 17.5 Å². The Balaban J connectivity index is 1.62. The first-order chi connectivity index (χ1) is 10.9. The van der Waals surface area contributed by atoms with Gasteiger partial charge in [0.2, 0.25) is 0 Å². The van der Waals surface area contributed by atoms with Crippen LogP contribution in [0.15, 0.2) is 66.7 Å². The van der Waals surface area contributed by atoms with Crippen LogP contribution in [0.2, 0.25) is 0 Å². The third-order valence-corrected chi connectivity index (χ3v) is 4.91. The maximum Gasteiger partial charge on any atom is 0.0382 e. The average molecular weight is 290 g/mol. The van der Waals surface area contributed by atoms with Crippen molar-refractivity contribution >= 4 is 5.69 Å². The molecule has 112 valence electrons. The molecule has 0 radical (unpaired) electrons. The molecular weight excluding hydrogens is 268 g/mol. The van der Waals surface area contributed by atoms with Crippen molar-refractivity contribution in [3.63, 3.8) is 0 Å². The fourth-order valence-electron chi connectivity index (χ4n) is 3.87. The van der Waals surface area contributed by atoms with Crippen molar-refractivity contribution in [3.05, 3.63) is 77.9 Å². The smallest absolute Gasteiger partial charge is 0.0382 e. The monoisotopic (exact) mass is 290 g/mol. The van der Waals surface area contributed by atoms with Gasteiger partial charge < -0.3 is 5.32 Å². The summed E-state index contributed by atoms with van der Waals surface area (Å²) in [6.45, 7) is 4.24. The largest absolute Gasteiger partial charge is 0.385 e. The number of para-hydroxylation sites is 1. The third-order valence-electron chi connectivity index (χ3n) is 4.91. The molecule has 2 aromatic rings. The molecule has 0 bridgehead atoms. The summed E-state index contributed by atoms with van der Waals surface area (Å²) in [5, 5.41) is 3.55. The minimum Gasteiger partial charge on any atom is -0.385 e. The minimum absolute atomic E-state index is 0.175. The van der Waals surface area contributed by atoms with E-state index in [2.05, 4.69) is 77.0 Å². The van der Waals surface area contributed by atoms with Gasteiger partial charge in [-0.15, -0.1) is 0 Å². The van der Waals surface area contributed by atoms with Crippen LogP contribution in [0, 0.1) is 0 Å². The van der Waals surface area contributed by atoms with E-state index in [0.29, 0.717) is 0 Å². The first-order valence-electron chi connectivity index (χ1n) is 8.13. The van der Waals surface area contributed by atoms with E-state index < -0.39 is 0 Å². The Labute approximate surface area is 132 Å². The summed E-state index contributed by atoms with van der Waals surface area (Å²) in [6.07, 6.45) is 5.98. The fourth-order valence-corrected chi connectivity index (χ4v) is 3.87. The van der Waals surface area contributed by atoms with E-state index in [1.165, 1.54) is 23.2 Å². The zero-order valence-corrected chi connectivity index (χ0v) is 12.8. The molecule has 1 N–H and O–H groups in total. The molecule has 2 aliphatic heterocycles. The normalized spacial score (nSPS) is 24.0. The molecule has 0 fully saturated rings. The Kier molecular flexibility index (Phi) is 3.47. The van der Waals surface area contributed by atoms with Crippen LogP contribution in [-0.4, -0.2) is 24.5 Å². The highest BCUT2D eigenvalue weighted by molar-refractivity contribution is 5.59. The van der Waals surface area contributed by atoms with E-state index in [4.69, 9.17) is 0 Å². The van der Waals surface area contributed by atoms with E-state index in [1.807, 2.05) is 0 Å². The second-order valence-electron chi connectivity index (χ2n) is 6.44. The van der Waals surface area contributed by atoms with Crippen LogP contribution in [-0.2, 0) is 12.0 Å². The van der Waals surface area contributed by atoms with Gasteiger partial charge in [0.15, 0.2) is 0 Å². The molecule has 0 saturated heterocycles. The quantitative estimate of drug-likeness (QED) is 0.846. The highest BCUT2D eigenvalue weighted by Gasteiger charge is 2.37. The lowest BCUT2D eigenvalue weighted by molar-refractivity contribution is 0.221. The summed E-state index contributed by atoms with van der Waals surface area (Å²) in [6, 6.07) is 19.6. The molecular formula is C20H22N2.